The minimum absolute atomic E-state index is 0.00589. The molecule has 3 rings (SSSR count). The zero-order valence-corrected chi connectivity index (χ0v) is 18.8. The fourth-order valence-corrected chi connectivity index (χ4v) is 3.24. The molecule has 0 saturated carbocycles. The van der Waals surface area contributed by atoms with Gasteiger partial charge >= 0.3 is 12.5 Å². The molecule has 0 unspecified atom stereocenters. The van der Waals surface area contributed by atoms with Crippen LogP contribution >= 0.6 is 0 Å². The summed E-state index contributed by atoms with van der Waals surface area (Å²) in [6, 6.07) is 5.38. The van der Waals surface area contributed by atoms with E-state index in [1.807, 2.05) is 0 Å². The maximum Gasteiger partial charge on any atom is 0.573 e. The van der Waals surface area contributed by atoms with Crippen LogP contribution in [0.2, 0.25) is 0 Å². The molecule has 0 aliphatic rings. The molecular formula is C23H16F7N3O4. The Balaban J connectivity index is 2.03. The Labute approximate surface area is 204 Å². The Morgan fingerprint density at radius 2 is 1.51 bits per heavy atom. The van der Waals surface area contributed by atoms with Crippen LogP contribution in [-0.4, -0.2) is 23.2 Å². The monoisotopic (exact) mass is 531 g/mol. The van der Waals surface area contributed by atoms with E-state index in [1.54, 1.807) is 0 Å². The number of amides is 2. The third-order valence-corrected chi connectivity index (χ3v) is 4.98. The third kappa shape index (κ3) is 6.26. The van der Waals surface area contributed by atoms with Crippen molar-refractivity contribution in [3.63, 3.8) is 0 Å². The number of alkyl halides is 6. The molecule has 0 fully saturated rings. The summed E-state index contributed by atoms with van der Waals surface area (Å²) in [4.78, 5) is 27.9. The molecule has 37 heavy (non-hydrogen) atoms. The highest BCUT2D eigenvalue weighted by atomic mass is 19.4. The van der Waals surface area contributed by atoms with Crippen LogP contribution in [0.1, 0.15) is 37.5 Å². The van der Waals surface area contributed by atoms with Crippen LogP contribution < -0.4 is 20.5 Å². The summed E-state index contributed by atoms with van der Waals surface area (Å²) >= 11 is 0. The van der Waals surface area contributed by atoms with Crippen LogP contribution in [0.5, 0.6) is 17.2 Å². The van der Waals surface area contributed by atoms with E-state index in [9.17, 15) is 40.3 Å². The van der Waals surface area contributed by atoms with Gasteiger partial charge in [-0.1, -0.05) is 0 Å². The normalized spacial score (nSPS) is 11.7. The van der Waals surface area contributed by atoms with Gasteiger partial charge in [0.15, 0.2) is 11.6 Å². The smallest absolute Gasteiger partial charge is 0.456 e. The number of hydrogen-bond acceptors (Lipinski definition) is 5. The summed E-state index contributed by atoms with van der Waals surface area (Å²) < 4.78 is 101. The zero-order chi connectivity index (χ0) is 27.7. The van der Waals surface area contributed by atoms with E-state index in [0.717, 1.165) is 32.2 Å². The molecule has 0 atom stereocenters. The van der Waals surface area contributed by atoms with Crippen LogP contribution in [0.15, 0.2) is 42.6 Å². The largest absolute Gasteiger partial charge is 0.573 e. The lowest BCUT2D eigenvalue weighted by molar-refractivity contribution is -0.275. The third-order valence-electron chi connectivity index (χ3n) is 4.98. The summed E-state index contributed by atoms with van der Waals surface area (Å²) in [5.74, 6) is -5.33. The number of rotatable bonds is 6. The lowest BCUT2D eigenvalue weighted by Crippen LogP contribution is -2.19. The topological polar surface area (TPSA) is 104 Å². The summed E-state index contributed by atoms with van der Waals surface area (Å²) in [7, 11) is 0. The van der Waals surface area contributed by atoms with Crippen molar-refractivity contribution in [2.24, 2.45) is 5.73 Å². The highest BCUT2D eigenvalue weighted by Gasteiger charge is 2.36. The molecular weight excluding hydrogens is 515 g/mol. The van der Waals surface area contributed by atoms with Gasteiger partial charge in [-0.2, -0.15) is 13.2 Å². The molecule has 0 bridgehead atoms. The molecule has 1 aromatic heterocycles. The van der Waals surface area contributed by atoms with Gasteiger partial charge in [0.2, 0.25) is 0 Å². The molecule has 0 spiro atoms. The first-order valence-corrected chi connectivity index (χ1v) is 10.1. The van der Waals surface area contributed by atoms with Gasteiger partial charge in [0.25, 0.3) is 11.8 Å². The number of nitrogens with zero attached hydrogens (tertiary/aromatic N) is 1. The molecule has 2 aromatic carbocycles. The fourth-order valence-electron chi connectivity index (χ4n) is 3.24. The van der Waals surface area contributed by atoms with Crippen molar-refractivity contribution < 1.29 is 49.8 Å². The van der Waals surface area contributed by atoms with Crippen LogP contribution in [0.25, 0.3) is 0 Å². The fraction of sp³-hybridized carbons (Fsp3) is 0.174. The molecule has 0 radical (unpaired) electrons. The number of benzene rings is 2. The van der Waals surface area contributed by atoms with E-state index in [1.165, 1.54) is 12.1 Å². The van der Waals surface area contributed by atoms with Crippen LogP contribution in [0.3, 0.4) is 0 Å². The molecule has 2 amide bonds. The number of primary amides is 1. The second kappa shape index (κ2) is 9.95. The van der Waals surface area contributed by atoms with Crippen molar-refractivity contribution in [2.75, 3.05) is 5.32 Å². The van der Waals surface area contributed by atoms with Gasteiger partial charge in [-0.25, -0.2) is 9.37 Å². The van der Waals surface area contributed by atoms with Gasteiger partial charge in [-0.05, 0) is 55.8 Å². The number of nitrogens with one attached hydrogen (secondary N) is 1. The number of halogens is 7. The van der Waals surface area contributed by atoms with Gasteiger partial charge in [-0.15, -0.1) is 13.2 Å². The Morgan fingerprint density at radius 3 is 2.05 bits per heavy atom. The first kappa shape index (κ1) is 27.2. The molecule has 0 aliphatic heterocycles. The Morgan fingerprint density at radius 1 is 0.892 bits per heavy atom. The Bertz CT molecular complexity index is 1350. The van der Waals surface area contributed by atoms with Crippen molar-refractivity contribution in [3.8, 4) is 17.2 Å². The highest BCUT2D eigenvalue weighted by Crippen LogP contribution is 2.40. The number of carbonyl (C=O) groups excluding carboxylic acids is 2. The highest BCUT2D eigenvalue weighted by molar-refractivity contribution is 6.07. The summed E-state index contributed by atoms with van der Waals surface area (Å²) in [5, 5.41) is 2.31. The first-order valence-electron chi connectivity index (χ1n) is 10.1. The van der Waals surface area contributed by atoms with Crippen molar-refractivity contribution in [2.45, 2.75) is 26.4 Å². The Kier molecular flexibility index (Phi) is 7.32. The first-order chi connectivity index (χ1) is 17.1. The Hall–Kier alpha value is -4.36. The zero-order valence-electron chi connectivity index (χ0n) is 18.8. The lowest BCUT2D eigenvalue weighted by atomic mass is 9.99. The maximum atomic E-state index is 14.5. The SMILES string of the molecule is Cc1c(Oc2ccc(C(F)(F)F)c(C)c2C(=O)Nc2ccc(C(N)=O)nc2)ccc(OC(F)(F)F)c1F. The van der Waals surface area contributed by atoms with E-state index in [4.69, 9.17) is 10.5 Å². The molecule has 7 nitrogen and oxygen atoms in total. The average molecular weight is 531 g/mol. The summed E-state index contributed by atoms with van der Waals surface area (Å²) in [6.45, 7) is 2.06. The van der Waals surface area contributed by atoms with Gasteiger partial charge in [-0.3, -0.25) is 9.59 Å². The number of nitrogens with two attached hydrogens (primary N) is 1. The predicted molar refractivity (Wildman–Crippen MR) is 115 cm³/mol. The van der Waals surface area contributed by atoms with Gasteiger partial charge in [0.05, 0.1) is 23.0 Å². The van der Waals surface area contributed by atoms with E-state index < -0.39 is 63.9 Å². The van der Waals surface area contributed by atoms with Gasteiger partial charge in [0, 0.05) is 5.56 Å². The van der Waals surface area contributed by atoms with Crippen molar-refractivity contribution in [1.29, 1.82) is 0 Å². The van der Waals surface area contributed by atoms with E-state index in [-0.39, 0.29) is 17.1 Å². The number of aromatic nitrogens is 1. The summed E-state index contributed by atoms with van der Waals surface area (Å²) in [5.41, 5.74) is 2.19. The predicted octanol–water partition coefficient (Wildman–Crippen LogP) is 5.90. The molecule has 3 aromatic rings. The summed E-state index contributed by atoms with van der Waals surface area (Å²) in [6.07, 6.45) is -8.97. The van der Waals surface area contributed by atoms with Crippen molar-refractivity contribution in [3.05, 3.63) is 76.4 Å². The number of carbonyl (C=O) groups is 2. The second-order valence-electron chi connectivity index (χ2n) is 7.51. The molecule has 14 heteroatoms. The number of hydrogen-bond donors (Lipinski definition) is 2. The quantitative estimate of drug-likeness (QED) is 0.386. The van der Waals surface area contributed by atoms with E-state index in [2.05, 4.69) is 15.0 Å². The van der Waals surface area contributed by atoms with Gasteiger partial charge < -0.3 is 20.5 Å². The van der Waals surface area contributed by atoms with E-state index in [0.29, 0.717) is 12.1 Å². The second-order valence-corrected chi connectivity index (χ2v) is 7.51. The van der Waals surface area contributed by atoms with Crippen molar-refractivity contribution >= 4 is 17.5 Å². The maximum absolute atomic E-state index is 14.5. The standard InChI is InChI=1S/C23H16F7N3O4/c1-10-13(22(25,26)27)4-6-16(18(10)21(35)33-12-3-5-14(20(31)34)32-9-12)36-15-7-8-17(19(24)11(15)2)37-23(28,29)30/h3-9H,1-2H3,(H2,31,34)(H,33,35). The lowest BCUT2D eigenvalue weighted by Gasteiger charge is -2.19. The minimum Gasteiger partial charge on any atom is -0.456 e. The molecule has 1 heterocycles. The number of anilines is 1. The minimum atomic E-state index is -5.17. The number of pyridine rings is 1. The van der Waals surface area contributed by atoms with Gasteiger partial charge in [0.1, 0.15) is 17.2 Å². The van der Waals surface area contributed by atoms with Crippen LogP contribution in [0.4, 0.5) is 36.4 Å². The molecule has 196 valence electrons. The van der Waals surface area contributed by atoms with Crippen molar-refractivity contribution in [1.82, 2.24) is 4.98 Å². The average Bonchev–Trinajstić information content (AvgIpc) is 2.77. The van der Waals surface area contributed by atoms with E-state index >= 15 is 0 Å². The molecule has 0 saturated heterocycles. The number of ether oxygens (including phenoxy) is 2. The molecule has 3 N–H and O–H groups in total. The molecule has 0 aliphatic carbocycles. The van der Waals surface area contributed by atoms with Crippen LogP contribution in [-0.2, 0) is 6.18 Å². The van der Waals surface area contributed by atoms with Crippen LogP contribution in [0, 0.1) is 19.7 Å².